The minimum atomic E-state index is -0.707. The van der Waals surface area contributed by atoms with Gasteiger partial charge in [0.25, 0.3) is 0 Å². The third-order valence-corrected chi connectivity index (χ3v) is 4.81. The zero-order chi connectivity index (χ0) is 14.5. The second kappa shape index (κ2) is 7.32. The van der Waals surface area contributed by atoms with Gasteiger partial charge in [0.15, 0.2) is 0 Å². The molecule has 1 saturated carbocycles. The van der Waals surface area contributed by atoms with Crippen molar-refractivity contribution in [2.45, 2.75) is 43.5 Å². The highest BCUT2D eigenvalue weighted by molar-refractivity contribution is 9.10. The molecule has 2 rings (SSSR count). The number of nitrogens with one attached hydrogen (secondary N) is 1. The van der Waals surface area contributed by atoms with E-state index in [9.17, 15) is 4.79 Å². The lowest BCUT2D eigenvalue weighted by Crippen LogP contribution is -2.38. The first-order valence-corrected chi connectivity index (χ1v) is 8.12. The van der Waals surface area contributed by atoms with Crippen LogP contribution in [0.2, 0.25) is 0 Å². The Bertz CT molecular complexity index is 475. The van der Waals surface area contributed by atoms with Gasteiger partial charge in [-0.05, 0) is 36.6 Å². The molecule has 1 atom stereocenters. The van der Waals surface area contributed by atoms with Gasteiger partial charge in [-0.2, -0.15) is 0 Å². The second-order valence-corrected chi connectivity index (χ2v) is 6.38. The van der Waals surface area contributed by atoms with E-state index < -0.39 is 5.38 Å². The Hall–Kier alpha value is -0.740. The third-order valence-electron chi connectivity index (χ3n) is 3.66. The fourth-order valence-electron chi connectivity index (χ4n) is 2.51. The van der Waals surface area contributed by atoms with Crippen molar-refractivity contribution in [2.24, 2.45) is 0 Å². The quantitative estimate of drug-likeness (QED) is 0.818. The van der Waals surface area contributed by atoms with E-state index in [0.717, 1.165) is 22.9 Å². The first kappa shape index (κ1) is 15.6. The van der Waals surface area contributed by atoms with Gasteiger partial charge < -0.3 is 10.1 Å². The van der Waals surface area contributed by atoms with Crippen LogP contribution in [0.5, 0.6) is 5.75 Å². The van der Waals surface area contributed by atoms with Gasteiger partial charge in [-0.1, -0.05) is 35.2 Å². The van der Waals surface area contributed by atoms with Crippen LogP contribution in [-0.2, 0) is 4.79 Å². The summed E-state index contributed by atoms with van der Waals surface area (Å²) in [6.45, 7) is 0. The molecule has 1 unspecified atom stereocenters. The first-order chi connectivity index (χ1) is 9.61. The minimum Gasteiger partial charge on any atom is -0.497 e. The lowest BCUT2D eigenvalue weighted by Gasteiger charge is -2.24. The maximum absolute atomic E-state index is 12.3. The number of amides is 1. The van der Waals surface area contributed by atoms with Crippen molar-refractivity contribution < 1.29 is 9.53 Å². The van der Waals surface area contributed by atoms with Crippen molar-refractivity contribution in [1.82, 2.24) is 5.32 Å². The first-order valence-electron chi connectivity index (χ1n) is 6.89. The number of hydrogen-bond donors (Lipinski definition) is 1. The van der Waals surface area contributed by atoms with E-state index in [0.29, 0.717) is 5.75 Å². The molecule has 0 saturated heterocycles. The largest absolute Gasteiger partial charge is 0.497 e. The molecule has 5 heteroatoms. The zero-order valence-electron chi connectivity index (χ0n) is 11.5. The summed E-state index contributed by atoms with van der Waals surface area (Å²) >= 11 is 9.75. The maximum Gasteiger partial charge on any atom is 0.242 e. The molecule has 1 aliphatic carbocycles. The number of ether oxygens (including phenoxy) is 1. The Balaban J connectivity index is 2.05. The number of hydrogen-bond acceptors (Lipinski definition) is 2. The summed E-state index contributed by atoms with van der Waals surface area (Å²) in [5.41, 5.74) is 0.735. The molecule has 20 heavy (non-hydrogen) atoms. The lowest BCUT2D eigenvalue weighted by atomic mass is 9.95. The fourth-order valence-corrected chi connectivity index (χ4v) is 3.36. The molecule has 0 aromatic heterocycles. The monoisotopic (exact) mass is 359 g/mol. The lowest BCUT2D eigenvalue weighted by molar-refractivity contribution is -0.121. The van der Waals surface area contributed by atoms with Gasteiger partial charge in [0, 0.05) is 10.5 Å². The van der Waals surface area contributed by atoms with Gasteiger partial charge in [-0.25, -0.2) is 0 Å². The van der Waals surface area contributed by atoms with Gasteiger partial charge >= 0.3 is 0 Å². The molecule has 110 valence electrons. The molecule has 1 aliphatic rings. The summed E-state index contributed by atoms with van der Waals surface area (Å²) in [7, 11) is 1.60. The minimum absolute atomic E-state index is 0.132. The Morgan fingerprint density at radius 3 is 2.75 bits per heavy atom. The van der Waals surface area contributed by atoms with Gasteiger partial charge in [0.1, 0.15) is 11.1 Å². The summed E-state index contributed by atoms with van der Waals surface area (Å²) in [5, 5.41) is 2.34. The van der Waals surface area contributed by atoms with Crippen LogP contribution in [-0.4, -0.2) is 19.1 Å². The van der Waals surface area contributed by atoms with Crippen molar-refractivity contribution >= 4 is 33.4 Å². The van der Waals surface area contributed by atoms with Crippen LogP contribution in [0.25, 0.3) is 0 Å². The molecule has 0 aliphatic heterocycles. The Kier molecular flexibility index (Phi) is 5.73. The summed E-state index contributed by atoms with van der Waals surface area (Å²) in [4.78, 5) is 12.3. The SMILES string of the molecule is COc1ccc(Br)c(C(Cl)C(=O)NC2CCCCC2)c1. The highest BCUT2D eigenvalue weighted by Crippen LogP contribution is 2.32. The number of halogens is 2. The molecule has 0 spiro atoms. The predicted molar refractivity (Wildman–Crippen MR) is 84.3 cm³/mol. The summed E-state index contributed by atoms with van der Waals surface area (Å²) in [6, 6.07) is 5.73. The molecular weight excluding hydrogens is 342 g/mol. The van der Waals surface area contributed by atoms with Crippen LogP contribution in [0.15, 0.2) is 22.7 Å². The van der Waals surface area contributed by atoms with E-state index in [4.69, 9.17) is 16.3 Å². The Morgan fingerprint density at radius 1 is 1.40 bits per heavy atom. The molecule has 1 aromatic rings. The predicted octanol–water partition coefficient (Wildman–Crippen LogP) is 4.19. The summed E-state index contributed by atoms with van der Waals surface area (Å²) < 4.78 is 6.00. The topological polar surface area (TPSA) is 38.3 Å². The van der Waals surface area contributed by atoms with Crippen molar-refractivity contribution in [2.75, 3.05) is 7.11 Å². The number of rotatable bonds is 4. The van der Waals surface area contributed by atoms with Gasteiger partial charge in [0.2, 0.25) is 5.91 Å². The average Bonchev–Trinajstić information content (AvgIpc) is 2.48. The van der Waals surface area contributed by atoms with E-state index in [1.807, 2.05) is 12.1 Å². The Labute approximate surface area is 133 Å². The van der Waals surface area contributed by atoms with Crippen molar-refractivity contribution in [3.63, 3.8) is 0 Å². The smallest absolute Gasteiger partial charge is 0.242 e. The zero-order valence-corrected chi connectivity index (χ0v) is 13.8. The number of methoxy groups -OCH3 is 1. The van der Waals surface area contributed by atoms with E-state index in [-0.39, 0.29) is 11.9 Å². The second-order valence-electron chi connectivity index (χ2n) is 5.09. The van der Waals surface area contributed by atoms with Crippen molar-refractivity contribution in [3.05, 3.63) is 28.2 Å². The number of alkyl halides is 1. The van der Waals surface area contributed by atoms with Gasteiger partial charge in [-0.15, -0.1) is 11.6 Å². The molecule has 3 nitrogen and oxygen atoms in total. The Morgan fingerprint density at radius 2 is 2.10 bits per heavy atom. The van der Waals surface area contributed by atoms with E-state index in [1.54, 1.807) is 13.2 Å². The third kappa shape index (κ3) is 3.89. The fraction of sp³-hybridized carbons (Fsp3) is 0.533. The van der Waals surface area contributed by atoms with Gasteiger partial charge in [-0.3, -0.25) is 4.79 Å². The average molecular weight is 361 g/mol. The van der Waals surface area contributed by atoms with Crippen molar-refractivity contribution in [1.29, 1.82) is 0 Å². The number of carbonyl (C=O) groups excluding carboxylic acids is 1. The van der Waals surface area contributed by atoms with Crippen LogP contribution < -0.4 is 10.1 Å². The van der Waals surface area contributed by atoms with Gasteiger partial charge in [0.05, 0.1) is 7.11 Å². The van der Waals surface area contributed by atoms with E-state index in [2.05, 4.69) is 21.2 Å². The number of carbonyl (C=O) groups is 1. The molecule has 1 aromatic carbocycles. The number of benzene rings is 1. The molecule has 1 N–H and O–H groups in total. The summed E-state index contributed by atoms with van der Waals surface area (Å²) in [6.07, 6.45) is 5.73. The van der Waals surface area contributed by atoms with Crippen LogP contribution >= 0.6 is 27.5 Å². The van der Waals surface area contributed by atoms with Crippen LogP contribution in [0.4, 0.5) is 0 Å². The molecule has 1 fully saturated rings. The van der Waals surface area contributed by atoms with Crippen molar-refractivity contribution in [3.8, 4) is 5.75 Å². The highest BCUT2D eigenvalue weighted by Gasteiger charge is 2.24. The van der Waals surface area contributed by atoms with Crippen LogP contribution in [0.3, 0.4) is 0 Å². The van der Waals surface area contributed by atoms with E-state index in [1.165, 1.54) is 19.3 Å². The maximum atomic E-state index is 12.3. The molecule has 1 amide bonds. The molecule has 0 heterocycles. The standard InChI is InChI=1S/C15H19BrClNO2/c1-20-11-7-8-13(16)12(9-11)14(17)15(19)18-10-5-3-2-4-6-10/h7-10,14H,2-6H2,1H3,(H,18,19). The summed E-state index contributed by atoms with van der Waals surface area (Å²) in [5.74, 6) is 0.562. The highest BCUT2D eigenvalue weighted by atomic mass is 79.9. The van der Waals surface area contributed by atoms with E-state index >= 15 is 0 Å². The molecule has 0 bridgehead atoms. The van der Waals surface area contributed by atoms with Crippen LogP contribution in [0.1, 0.15) is 43.0 Å². The van der Waals surface area contributed by atoms with Crippen LogP contribution in [0, 0.1) is 0 Å². The molecule has 0 radical (unpaired) electrons. The normalized spacial score (nSPS) is 17.6. The molecular formula is C15H19BrClNO2.